The number of allylic oxidation sites excluding steroid dienone is 1. The van der Waals surface area contributed by atoms with Gasteiger partial charge in [-0.2, -0.15) is 0 Å². The molecule has 1 aliphatic heterocycles. The van der Waals surface area contributed by atoms with Gasteiger partial charge in [0.1, 0.15) is 0 Å². The molecule has 0 radical (unpaired) electrons. The highest BCUT2D eigenvalue weighted by Gasteiger charge is 2.32. The maximum atomic E-state index is 12.5. The highest BCUT2D eigenvalue weighted by Crippen LogP contribution is 2.29. The van der Waals surface area contributed by atoms with Gasteiger partial charge in [-0.15, -0.1) is 0 Å². The van der Waals surface area contributed by atoms with Crippen molar-refractivity contribution in [1.29, 1.82) is 0 Å². The standard InChI is InChI=1S/C15H16ClN3OS/c1-8-12(14(20)18-11-6-7-11)13(19-15(21)17-8)9-2-4-10(16)5-3-9/h2-5,11,13H,6-7H2,1H3,(H,18,20)(H2,17,19,21). The minimum Gasteiger partial charge on any atom is -0.351 e. The maximum absolute atomic E-state index is 12.5. The van der Waals surface area contributed by atoms with Crippen LogP contribution in [0.1, 0.15) is 31.4 Å². The van der Waals surface area contributed by atoms with E-state index in [1.807, 2.05) is 31.2 Å². The quantitative estimate of drug-likeness (QED) is 0.748. The molecule has 0 spiro atoms. The summed E-state index contributed by atoms with van der Waals surface area (Å²) in [6, 6.07) is 7.51. The summed E-state index contributed by atoms with van der Waals surface area (Å²) in [5, 5.41) is 10.4. The minimum absolute atomic E-state index is 0.0440. The van der Waals surface area contributed by atoms with Crippen molar-refractivity contribution in [1.82, 2.24) is 16.0 Å². The van der Waals surface area contributed by atoms with Crippen molar-refractivity contribution in [3.8, 4) is 0 Å². The molecule has 1 heterocycles. The van der Waals surface area contributed by atoms with Crippen LogP contribution in [0.15, 0.2) is 35.5 Å². The van der Waals surface area contributed by atoms with Crippen molar-refractivity contribution < 1.29 is 4.79 Å². The summed E-state index contributed by atoms with van der Waals surface area (Å²) in [7, 11) is 0. The normalized spacial score (nSPS) is 21.6. The van der Waals surface area contributed by atoms with Crippen molar-refractivity contribution in [2.75, 3.05) is 0 Å². The van der Waals surface area contributed by atoms with E-state index in [1.54, 1.807) is 0 Å². The van der Waals surface area contributed by atoms with Crippen LogP contribution in [-0.2, 0) is 4.79 Å². The first-order valence-electron chi connectivity index (χ1n) is 6.89. The third-order valence-electron chi connectivity index (χ3n) is 3.63. The molecule has 1 aliphatic carbocycles. The number of carbonyl (C=O) groups excluding carboxylic acids is 1. The lowest BCUT2D eigenvalue weighted by molar-refractivity contribution is -0.118. The molecule has 1 aromatic carbocycles. The fraction of sp³-hybridized carbons (Fsp3) is 0.333. The molecular weight excluding hydrogens is 306 g/mol. The van der Waals surface area contributed by atoms with Gasteiger partial charge in [-0.1, -0.05) is 23.7 Å². The smallest absolute Gasteiger partial charge is 0.251 e. The molecule has 3 rings (SSSR count). The Morgan fingerprint density at radius 2 is 2.00 bits per heavy atom. The van der Waals surface area contributed by atoms with Gasteiger partial charge in [0.2, 0.25) is 0 Å². The average molecular weight is 322 g/mol. The van der Waals surface area contributed by atoms with Crippen molar-refractivity contribution in [2.24, 2.45) is 0 Å². The lowest BCUT2D eigenvalue weighted by atomic mass is 9.95. The van der Waals surface area contributed by atoms with Crippen LogP contribution in [0.2, 0.25) is 5.02 Å². The minimum atomic E-state index is -0.255. The lowest BCUT2D eigenvalue weighted by Gasteiger charge is -2.30. The van der Waals surface area contributed by atoms with Gasteiger partial charge in [0.25, 0.3) is 5.91 Å². The van der Waals surface area contributed by atoms with E-state index >= 15 is 0 Å². The van der Waals surface area contributed by atoms with Gasteiger partial charge in [-0.05, 0) is 49.7 Å². The summed E-state index contributed by atoms with van der Waals surface area (Å²) in [4.78, 5) is 12.5. The number of thiocarbonyl (C=S) groups is 1. The SMILES string of the molecule is CC1=C(C(=O)NC2CC2)C(c2ccc(Cl)cc2)NC(=S)N1. The molecule has 110 valence electrons. The first-order valence-corrected chi connectivity index (χ1v) is 7.68. The molecule has 0 aromatic heterocycles. The maximum Gasteiger partial charge on any atom is 0.251 e. The summed E-state index contributed by atoms with van der Waals surface area (Å²) < 4.78 is 0. The first kappa shape index (κ1) is 14.4. The van der Waals surface area contributed by atoms with E-state index in [0.29, 0.717) is 21.8 Å². The Bertz CT molecular complexity index is 622. The first-order chi connectivity index (χ1) is 10.0. The summed E-state index contributed by atoms with van der Waals surface area (Å²) in [5.74, 6) is -0.0440. The Kier molecular flexibility index (Phi) is 3.87. The number of carbonyl (C=O) groups is 1. The van der Waals surface area contributed by atoms with Crippen LogP contribution in [-0.4, -0.2) is 17.1 Å². The molecule has 1 fully saturated rings. The van der Waals surface area contributed by atoms with Gasteiger partial charge in [0, 0.05) is 16.8 Å². The van der Waals surface area contributed by atoms with Gasteiger partial charge in [-0.3, -0.25) is 4.79 Å². The highest BCUT2D eigenvalue weighted by molar-refractivity contribution is 7.80. The molecule has 2 aliphatic rings. The van der Waals surface area contributed by atoms with Gasteiger partial charge in [0.15, 0.2) is 5.11 Å². The Balaban J connectivity index is 1.94. The van der Waals surface area contributed by atoms with Crippen LogP contribution in [0.3, 0.4) is 0 Å². The molecule has 1 unspecified atom stereocenters. The van der Waals surface area contributed by atoms with E-state index in [4.69, 9.17) is 23.8 Å². The molecule has 4 nitrogen and oxygen atoms in total. The number of hydrogen-bond donors (Lipinski definition) is 3. The molecule has 1 atom stereocenters. The van der Waals surface area contributed by atoms with E-state index in [9.17, 15) is 4.79 Å². The fourth-order valence-electron chi connectivity index (χ4n) is 2.39. The van der Waals surface area contributed by atoms with E-state index in [-0.39, 0.29) is 11.9 Å². The predicted molar refractivity (Wildman–Crippen MR) is 86.9 cm³/mol. The van der Waals surface area contributed by atoms with Crippen LogP contribution < -0.4 is 16.0 Å². The van der Waals surface area contributed by atoms with Crippen LogP contribution in [0.4, 0.5) is 0 Å². The van der Waals surface area contributed by atoms with Crippen LogP contribution in [0, 0.1) is 0 Å². The summed E-state index contributed by atoms with van der Waals surface area (Å²) in [5.41, 5.74) is 2.43. The summed E-state index contributed by atoms with van der Waals surface area (Å²) >= 11 is 11.1. The zero-order valence-electron chi connectivity index (χ0n) is 11.6. The topological polar surface area (TPSA) is 53.2 Å². The van der Waals surface area contributed by atoms with Crippen LogP contribution >= 0.6 is 23.8 Å². The monoisotopic (exact) mass is 321 g/mol. The molecule has 6 heteroatoms. The molecular formula is C15H16ClN3OS. The largest absolute Gasteiger partial charge is 0.351 e. The summed E-state index contributed by atoms with van der Waals surface area (Å²) in [6.07, 6.45) is 2.12. The van der Waals surface area contributed by atoms with E-state index in [1.165, 1.54) is 0 Å². The van der Waals surface area contributed by atoms with Crippen molar-refractivity contribution in [3.05, 3.63) is 46.1 Å². The average Bonchev–Trinajstić information content (AvgIpc) is 3.22. The van der Waals surface area contributed by atoms with E-state index in [0.717, 1.165) is 24.1 Å². The number of nitrogens with one attached hydrogen (secondary N) is 3. The number of rotatable bonds is 3. The van der Waals surface area contributed by atoms with Crippen molar-refractivity contribution in [2.45, 2.75) is 31.8 Å². The number of hydrogen-bond acceptors (Lipinski definition) is 2. The van der Waals surface area contributed by atoms with Crippen LogP contribution in [0.5, 0.6) is 0 Å². The van der Waals surface area contributed by atoms with Crippen LogP contribution in [0.25, 0.3) is 0 Å². The van der Waals surface area contributed by atoms with E-state index in [2.05, 4.69) is 16.0 Å². The molecule has 1 amide bonds. The zero-order valence-corrected chi connectivity index (χ0v) is 13.1. The van der Waals surface area contributed by atoms with Crippen molar-refractivity contribution >= 4 is 34.8 Å². The Morgan fingerprint density at radius 1 is 1.33 bits per heavy atom. The molecule has 1 saturated carbocycles. The highest BCUT2D eigenvalue weighted by atomic mass is 35.5. The Morgan fingerprint density at radius 3 is 2.62 bits per heavy atom. The van der Waals surface area contributed by atoms with Gasteiger partial charge >= 0.3 is 0 Å². The predicted octanol–water partition coefficient (Wildman–Crippen LogP) is 2.41. The molecule has 21 heavy (non-hydrogen) atoms. The number of amides is 1. The number of halogens is 1. The van der Waals surface area contributed by atoms with Gasteiger partial charge < -0.3 is 16.0 Å². The van der Waals surface area contributed by atoms with Gasteiger partial charge in [0.05, 0.1) is 11.6 Å². The third-order valence-corrected chi connectivity index (χ3v) is 4.10. The summed E-state index contributed by atoms with van der Waals surface area (Å²) in [6.45, 7) is 1.87. The Labute approximate surface area is 133 Å². The fourth-order valence-corrected chi connectivity index (χ4v) is 2.79. The van der Waals surface area contributed by atoms with E-state index < -0.39 is 0 Å². The number of benzene rings is 1. The second-order valence-corrected chi connectivity index (χ2v) is 6.21. The molecule has 0 bridgehead atoms. The second kappa shape index (κ2) is 5.66. The molecule has 1 aromatic rings. The molecule has 0 saturated heterocycles. The van der Waals surface area contributed by atoms with Gasteiger partial charge in [-0.25, -0.2) is 0 Å². The Hall–Kier alpha value is -1.59. The molecule has 3 N–H and O–H groups in total. The second-order valence-electron chi connectivity index (χ2n) is 5.37. The lowest BCUT2D eigenvalue weighted by Crippen LogP contribution is -2.47. The third kappa shape index (κ3) is 3.19. The zero-order chi connectivity index (χ0) is 15.0. The van der Waals surface area contributed by atoms with Crippen molar-refractivity contribution in [3.63, 3.8) is 0 Å².